The molecule has 238 valence electrons. The van der Waals surface area contributed by atoms with Crippen molar-refractivity contribution in [3.63, 3.8) is 0 Å². The highest BCUT2D eigenvalue weighted by Crippen LogP contribution is 2.38. The van der Waals surface area contributed by atoms with Gasteiger partial charge in [-0.05, 0) is 89.3 Å². The second-order valence-electron chi connectivity index (χ2n) is 12.2. The van der Waals surface area contributed by atoms with Crippen molar-refractivity contribution in [2.24, 2.45) is 10.7 Å². The van der Waals surface area contributed by atoms with Gasteiger partial charge in [0.1, 0.15) is 23.0 Å². The molecule has 0 spiro atoms. The van der Waals surface area contributed by atoms with Crippen LogP contribution in [0.4, 0.5) is 20.6 Å². The van der Waals surface area contributed by atoms with E-state index in [-0.39, 0.29) is 28.6 Å². The zero-order chi connectivity index (χ0) is 32.5. The molecule has 1 saturated carbocycles. The van der Waals surface area contributed by atoms with Gasteiger partial charge in [0, 0.05) is 35.5 Å². The summed E-state index contributed by atoms with van der Waals surface area (Å²) in [5.41, 5.74) is 10.9. The first-order valence-corrected chi connectivity index (χ1v) is 15.5. The van der Waals surface area contributed by atoms with Crippen LogP contribution < -0.4 is 21.1 Å². The van der Waals surface area contributed by atoms with Gasteiger partial charge in [0.05, 0.1) is 45.8 Å². The summed E-state index contributed by atoms with van der Waals surface area (Å²) < 4.78 is 26.6. The number of anilines is 1. The minimum atomic E-state index is -0.562. The summed E-state index contributed by atoms with van der Waals surface area (Å²) in [6.45, 7) is 7.50. The molecular formula is C33H37Cl2FN6O3. The molecule has 9 nitrogen and oxygen atoms in total. The molecule has 45 heavy (non-hydrogen) atoms. The van der Waals surface area contributed by atoms with Crippen LogP contribution in [0.15, 0.2) is 53.8 Å². The third kappa shape index (κ3) is 7.62. The molecule has 4 N–H and O–H groups in total. The number of carbonyl (C=O) groups is 1. The lowest BCUT2D eigenvalue weighted by Gasteiger charge is -2.31. The van der Waals surface area contributed by atoms with Crippen molar-refractivity contribution in [2.45, 2.75) is 71.1 Å². The van der Waals surface area contributed by atoms with Crippen molar-refractivity contribution in [1.29, 1.82) is 0 Å². The Morgan fingerprint density at radius 2 is 1.80 bits per heavy atom. The lowest BCUT2D eigenvalue weighted by atomic mass is 9.91. The Bertz CT molecular complexity index is 1740. The monoisotopic (exact) mass is 654 g/mol. The number of carbonyl (C=O) groups excluding carboxylic acids is 1. The molecule has 12 heteroatoms. The summed E-state index contributed by atoms with van der Waals surface area (Å²) in [7, 11) is 1.60. The number of methoxy groups -OCH3 is 1. The van der Waals surface area contributed by atoms with E-state index >= 15 is 0 Å². The molecule has 0 radical (unpaired) electrons. The number of aryl methyl sites for hydroxylation is 1. The van der Waals surface area contributed by atoms with Crippen LogP contribution in [0.25, 0.3) is 16.6 Å². The molecule has 0 aliphatic heterocycles. The maximum Gasteiger partial charge on any atom is 0.407 e. The van der Waals surface area contributed by atoms with Gasteiger partial charge >= 0.3 is 6.09 Å². The second kappa shape index (κ2) is 13.1. The fraction of sp³-hybridized carbons (Fsp3) is 0.364. The Labute approximate surface area is 271 Å². The van der Waals surface area contributed by atoms with Gasteiger partial charge < -0.3 is 25.8 Å². The Morgan fingerprint density at radius 1 is 1.09 bits per heavy atom. The number of fused-ring (bicyclic) bond motifs is 1. The minimum Gasteiger partial charge on any atom is -0.497 e. The van der Waals surface area contributed by atoms with Crippen molar-refractivity contribution in [3.8, 4) is 16.9 Å². The summed E-state index contributed by atoms with van der Waals surface area (Å²) in [6, 6.07) is 9.72. The molecule has 1 fully saturated rings. The molecule has 0 unspecified atom stereocenters. The maximum absolute atomic E-state index is 14.0. The van der Waals surface area contributed by atoms with Crippen LogP contribution in [0.3, 0.4) is 0 Å². The summed E-state index contributed by atoms with van der Waals surface area (Å²) in [5, 5.41) is 12.1. The van der Waals surface area contributed by atoms with Crippen molar-refractivity contribution in [2.75, 3.05) is 12.4 Å². The zero-order valence-electron chi connectivity index (χ0n) is 25.9. The van der Waals surface area contributed by atoms with E-state index in [0.29, 0.717) is 16.3 Å². The molecule has 2 aromatic carbocycles. The normalized spacial score (nSPS) is 17.3. The number of amides is 1. The molecule has 4 aromatic rings. The Kier molecular flexibility index (Phi) is 9.46. The first-order valence-electron chi connectivity index (χ1n) is 14.7. The lowest BCUT2D eigenvalue weighted by molar-refractivity contribution is 0.0492. The third-order valence-corrected chi connectivity index (χ3v) is 8.26. The molecule has 1 aliphatic carbocycles. The quantitative estimate of drug-likeness (QED) is 0.137. The molecule has 2 heterocycles. The number of nitrogens with two attached hydrogens (primary N) is 1. The van der Waals surface area contributed by atoms with E-state index in [1.165, 1.54) is 18.2 Å². The van der Waals surface area contributed by atoms with Crippen LogP contribution in [0.5, 0.6) is 5.75 Å². The van der Waals surface area contributed by atoms with Crippen molar-refractivity contribution < 1.29 is 18.7 Å². The molecular weight excluding hydrogens is 618 g/mol. The van der Waals surface area contributed by atoms with Crippen LogP contribution in [-0.2, 0) is 4.74 Å². The van der Waals surface area contributed by atoms with Gasteiger partial charge in [-0.1, -0.05) is 23.2 Å². The number of ether oxygens (including phenoxy) is 2. The highest BCUT2D eigenvalue weighted by Gasteiger charge is 2.27. The predicted octanol–water partition coefficient (Wildman–Crippen LogP) is 8.05. The van der Waals surface area contributed by atoms with Gasteiger partial charge in [0.15, 0.2) is 0 Å². The third-order valence-electron chi connectivity index (χ3n) is 7.64. The Balaban J connectivity index is 1.50. The number of aromatic nitrogens is 2. The van der Waals surface area contributed by atoms with Crippen molar-refractivity contribution in [3.05, 3.63) is 75.8 Å². The highest BCUT2D eigenvalue weighted by atomic mass is 35.5. The summed E-state index contributed by atoms with van der Waals surface area (Å²) >= 11 is 13.0. The summed E-state index contributed by atoms with van der Waals surface area (Å²) in [6.07, 6.45) is 6.24. The largest absolute Gasteiger partial charge is 0.497 e. The Morgan fingerprint density at radius 3 is 2.47 bits per heavy atom. The number of rotatable bonds is 7. The number of hydrogen-bond acceptors (Lipinski definition) is 6. The van der Waals surface area contributed by atoms with Crippen molar-refractivity contribution in [1.82, 2.24) is 14.9 Å². The molecule has 0 bridgehead atoms. The number of aliphatic imine (C=N–C) groups is 1. The van der Waals surface area contributed by atoms with Crippen LogP contribution in [0, 0.1) is 12.7 Å². The van der Waals surface area contributed by atoms with E-state index < -0.39 is 17.5 Å². The van der Waals surface area contributed by atoms with Gasteiger partial charge in [0.2, 0.25) is 0 Å². The standard InChI is InChI=1S/C33H37Cl2FN6O3/c1-18-12-23(44-5)15-26(35)29(18)19-13-28-30(39-21-7-9-22(10-8-21)40-32(43)45-33(2,3)4)24(16-38-42(28)17-19)31(37)41-27-14-20(36)6-11-25(27)34/h6,11-17,21-22,39H,7-10H2,1-5H3,(H2,37,41)(H,40,43)/t21-,22-. The first kappa shape index (κ1) is 32.4. The number of nitrogens with zero attached hydrogens (tertiary/aromatic N) is 3. The first-order chi connectivity index (χ1) is 21.3. The average molecular weight is 656 g/mol. The molecule has 1 aliphatic rings. The van der Waals surface area contributed by atoms with Gasteiger partial charge in [0.25, 0.3) is 0 Å². The predicted molar refractivity (Wildman–Crippen MR) is 178 cm³/mol. The molecule has 2 aromatic heterocycles. The number of nitrogens with one attached hydrogen (secondary N) is 2. The molecule has 1 amide bonds. The summed E-state index contributed by atoms with van der Waals surface area (Å²) in [4.78, 5) is 16.8. The van der Waals surface area contributed by atoms with Crippen molar-refractivity contribution >= 4 is 52.0 Å². The highest BCUT2D eigenvalue weighted by molar-refractivity contribution is 6.34. The van der Waals surface area contributed by atoms with Crippen LogP contribution in [0.2, 0.25) is 10.0 Å². The molecule has 0 saturated heterocycles. The van der Waals surface area contributed by atoms with Crippen LogP contribution in [0.1, 0.15) is 57.6 Å². The van der Waals surface area contributed by atoms with E-state index in [1.807, 2.05) is 46.0 Å². The van der Waals surface area contributed by atoms with Gasteiger partial charge in [-0.15, -0.1) is 0 Å². The van der Waals surface area contributed by atoms with E-state index in [4.69, 9.17) is 38.4 Å². The van der Waals surface area contributed by atoms with E-state index in [0.717, 1.165) is 53.6 Å². The number of benzene rings is 2. The minimum absolute atomic E-state index is 0.0108. The van der Waals surface area contributed by atoms with Gasteiger partial charge in [-0.25, -0.2) is 18.7 Å². The SMILES string of the molecule is COc1cc(C)c(-c2cc3c(N[C@H]4CC[C@H](NC(=O)OC(C)(C)C)CC4)c(/C(N)=N/c4cc(F)ccc4Cl)cnn3c2)c(Cl)c1. The lowest BCUT2D eigenvalue weighted by Crippen LogP contribution is -2.42. The number of hydrogen-bond donors (Lipinski definition) is 3. The average Bonchev–Trinajstić information content (AvgIpc) is 3.39. The Hall–Kier alpha value is -4.02. The number of amidine groups is 1. The second-order valence-corrected chi connectivity index (χ2v) is 13.0. The van der Waals surface area contributed by atoms with Crippen LogP contribution >= 0.6 is 23.2 Å². The smallest absolute Gasteiger partial charge is 0.407 e. The van der Waals surface area contributed by atoms with E-state index in [2.05, 4.69) is 20.7 Å². The van der Waals surface area contributed by atoms with E-state index in [1.54, 1.807) is 23.9 Å². The topological polar surface area (TPSA) is 115 Å². The molecule has 5 rings (SSSR count). The fourth-order valence-electron chi connectivity index (χ4n) is 5.56. The fourth-order valence-corrected chi connectivity index (χ4v) is 6.08. The van der Waals surface area contributed by atoms with Gasteiger partial charge in [-0.3, -0.25) is 0 Å². The van der Waals surface area contributed by atoms with E-state index in [9.17, 15) is 9.18 Å². The summed E-state index contributed by atoms with van der Waals surface area (Å²) in [5.74, 6) is 0.323. The number of alkyl carbamates (subject to hydrolysis) is 1. The van der Waals surface area contributed by atoms with Gasteiger partial charge in [-0.2, -0.15) is 5.10 Å². The van der Waals surface area contributed by atoms with Crippen LogP contribution in [-0.4, -0.2) is 46.3 Å². The maximum atomic E-state index is 14.0. The number of halogens is 3. The zero-order valence-corrected chi connectivity index (χ0v) is 27.4. The molecule has 0 atom stereocenters.